The summed E-state index contributed by atoms with van der Waals surface area (Å²) < 4.78 is 0. The lowest BCUT2D eigenvalue weighted by Crippen LogP contribution is -2.30. The van der Waals surface area contributed by atoms with Gasteiger partial charge in [-0.2, -0.15) is 0 Å². The maximum atomic E-state index is 5.54. The number of nitrogens with zero attached hydrogens (tertiary/aromatic N) is 1. The topological polar surface area (TPSA) is 29.3 Å². The van der Waals surface area contributed by atoms with Crippen LogP contribution in [0.15, 0.2) is 12.2 Å². The standard InChI is InChI=1S/C11H22N2/c1-3-6-13(8-10(2)7-12)9-11-4-5-11/h11H,2-9,12H2,1H3. The van der Waals surface area contributed by atoms with Gasteiger partial charge >= 0.3 is 0 Å². The molecular formula is C11H22N2. The first-order valence-corrected chi connectivity index (χ1v) is 5.35. The average molecular weight is 182 g/mol. The van der Waals surface area contributed by atoms with Crippen molar-refractivity contribution in [3.05, 3.63) is 12.2 Å². The van der Waals surface area contributed by atoms with E-state index in [4.69, 9.17) is 5.73 Å². The first-order valence-electron chi connectivity index (χ1n) is 5.35. The first kappa shape index (κ1) is 10.7. The van der Waals surface area contributed by atoms with Crippen molar-refractivity contribution in [1.82, 2.24) is 4.90 Å². The van der Waals surface area contributed by atoms with Crippen molar-refractivity contribution in [2.24, 2.45) is 11.7 Å². The van der Waals surface area contributed by atoms with Crippen molar-refractivity contribution >= 4 is 0 Å². The fraction of sp³-hybridized carbons (Fsp3) is 0.818. The summed E-state index contributed by atoms with van der Waals surface area (Å²) in [6.45, 7) is 10.3. The van der Waals surface area contributed by atoms with Crippen LogP contribution in [0.3, 0.4) is 0 Å². The lowest BCUT2D eigenvalue weighted by molar-refractivity contribution is 0.284. The number of rotatable bonds is 7. The van der Waals surface area contributed by atoms with Gasteiger partial charge in [0.25, 0.3) is 0 Å². The van der Waals surface area contributed by atoms with Gasteiger partial charge in [0, 0.05) is 19.6 Å². The molecule has 0 bridgehead atoms. The van der Waals surface area contributed by atoms with Gasteiger partial charge in [-0.05, 0) is 37.3 Å². The Bertz CT molecular complexity index is 161. The van der Waals surface area contributed by atoms with Gasteiger partial charge < -0.3 is 5.73 Å². The molecule has 0 atom stereocenters. The van der Waals surface area contributed by atoms with Crippen molar-refractivity contribution in [3.63, 3.8) is 0 Å². The molecule has 1 aliphatic rings. The predicted octanol–water partition coefficient (Wildman–Crippen LogP) is 1.62. The van der Waals surface area contributed by atoms with Crippen LogP contribution in [0.1, 0.15) is 26.2 Å². The third-order valence-corrected chi connectivity index (χ3v) is 2.49. The van der Waals surface area contributed by atoms with Crippen LogP contribution in [-0.2, 0) is 0 Å². The molecule has 0 spiro atoms. The second-order valence-corrected chi connectivity index (χ2v) is 4.13. The van der Waals surface area contributed by atoms with E-state index in [1.54, 1.807) is 0 Å². The quantitative estimate of drug-likeness (QED) is 0.606. The van der Waals surface area contributed by atoms with Gasteiger partial charge in [0.15, 0.2) is 0 Å². The lowest BCUT2D eigenvalue weighted by Gasteiger charge is -2.22. The van der Waals surface area contributed by atoms with Crippen molar-refractivity contribution < 1.29 is 0 Å². The smallest absolute Gasteiger partial charge is 0.0202 e. The molecule has 0 aliphatic heterocycles. The molecule has 1 saturated carbocycles. The number of hydrogen-bond donors (Lipinski definition) is 1. The Kier molecular flexibility index (Phi) is 4.46. The minimum Gasteiger partial charge on any atom is -0.327 e. The van der Waals surface area contributed by atoms with Gasteiger partial charge in [-0.3, -0.25) is 4.90 Å². The van der Waals surface area contributed by atoms with Gasteiger partial charge in [-0.15, -0.1) is 0 Å². The Morgan fingerprint density at radius 1 is 1.54 bits per heavy atom. The van der Waals surface area contributed by atoms with Crippen LogP contribution in [0.5, 0.6) is 0 Å². The Balaban J connectivity index is 2.22. The highest BCUT2D eigenvalue weighted by molar-refractivity contribution is 4.99. The maximum Gasteiger partial charge on any atom is 0.0202 e. The van der Waals surface area contributed by atoms with E-state index < -0.39 is 0 Å². The summed E-state index contributed by atoms with van der Waals surface area (Å²) >= 11 is 0. The first-order chi connectivity index (χ1) is 6.26. The van der Waals surface area contributed by atoms with E-state index in [0.717, 1.165) is 18.0 Å². The molecule has 0 aromatic heterocycles. The molecule has 2 nitrogen and oxygen atoms in total. The fourth-order valence-electron chi connectivity index (χ4n) is 1.60. The summed E-state index contributed by atoms with van der Waals surface area (Å²) in [5.74, 6) is 0.970. The number of hydrogen-bond acceptors (Lipinski definition) is 2. The molecule has 76 valence electrons. The van der Waals surface area contributed by atoms with E-state index in [1.165, 1.54) is 32.4 Å². The molecule has 0 heterocycles. The largest absolute Gasteiger partial charge is 0.327 e. The van der Waals surface area contributed by atoms with E-state index in [2.05, 4.69) is 18.4 Å². The monoisotopic (exact) mass is 182 g/mol. The van der Waals surface area contributed by atoms with Crippen LogP contribution >= 0.6 is 0 Å². The summed E-state index contributed by atoms with van der Waals surface area (Å²) in [6, 6.07) is 0. The summed E-state index contributed by atoms with van der Waals surface area (Å²) in [6.07, 6.45) is 4.08. The molecule has 0 saturated heterocycles. The van der Waals surface area contributed by atoms with E-state index >= 15 is 0 Å². The Labute approximate surface area is 81.8 Å². The van der Waals surface area contributed by atoms with Gasteiger partial charge in [-0.25, -0.2) is 0 Å². The Morgan fingerprint density at radius 3 is 2.69 bits per heavy atom. The second kappa shape index (κ2) is 5.40. The second-order valence-electron chi connectivity index (χ2n) is 4.13. The molecule has 13 heavy (non-hydrogen) atoms. The molecule has 1 rings (SSSR count). The highest BCUT2D eigenvalue weighted by Crippen LogP contribution is 2.29. The van der Waals surface area contributed by atoms with Crippen LogP contribution in [0.25, 0.3) is 0 Å². The van der Waals surface area contributed by atoms with Crippen molar-refractivity contribution in [3.8, 4) is 0 Å². The fourth-order valence-corrected chi connectivity index (χ4v) is 1.60. The summed E-state index contributed by atoms with van der Waals surface area (Å²) in [7, 11) is 0. The number of nitrogens with two attached hydrogens (primary N) is 1. The van der Waals surface area contributed by atoms with Crippen molar-refractivity contribution in [2.45, 2.75) is 26.2 Å². The molecule has 1 aliphatic carbocycles. The minimum atomic E-state index is 0.630. The van der Waals surface area contributed by atoms with Gasteiger partial charge in [0.1, 0.15) is 0 Å². The lowest BCUT2D eigenvalue weighted by atomic mass is 10.2. The van der Waals surface area contributed by atoms with Gasteiger partial charge in [0.2, 0.25) is 0 Å². The molecule has 2 heteroatoms. The highest BCUT2D eigenvalue weighted by Gasteiger charge is 2.23. The third kappa shape index (κ3) is 4.44. The molecule has 1 fully saturated rings. The van der Waals surface area contributed by atoms with E-state index in [1.807, 2.05) is 0 Å². The molecular weight excluding hydrogens is 160 g/mol. The molecule has 0 unspecified atom stereocenters. The van der Waals surface area contributed by atoms with Crippen molar-refractivity contribution in [2.75, 3.05) is 26.2 Å². The molecule has 0 aromatic rings. The van der Waals surface area contributed by atoms with Gasteiger partial charge in [-0.1, -0.05) is 13.5 Å². The maximum absolute atomic E-state index is 5.54. The van der Waals surface area contributed by atoms with E-state index in [-0.39, 0.29) is 0 Å². The zero-order valence-corrected chi connectivity index (χ0v) is 8.76. The Hall–Kier alpha value is -0.340. The molecule has 0 radical (unpaired) electrons. The SMILES string of the molecule is C=C(CN)CN(CCC)CC1CC1. The summed E-state index contributed by atoms with van der Waals surface area (Å²) in [4.78, 5) is 2.49. The van der Waals surface area contributed by atoms with Crippen molar-refractivity contribution in [1.29, 1.82) is 0 Å². The van der Waals surface area contributed by atoms with Crippen LogP contribution in [-0.4, -0.2) is 31.1 Å². The van der Waals surface area contributed by atoms with E-state index in [9.17, 15) is 0 Å². The van der Waals surface area contributed by atoms with Crippen LogP contribution in [0, 0.1) is 5.92 Å². The highest BCUT2D eigenvalue weighted by atomic mass is 15.1. The molecule has 0 aromatic carbocycles. The zero-order valence-electron chi connectivity index (χ0n) is 8.76. The molecule has 2 N–H and O–H groups in total. The average Bonchev–Trinajstić information content (AvgIpc) is 2.88. The zero-order chi connectivity index (χ0) is 9.68. The normalized spacial score (nSPS) is 16.5. The third-order valence-electron chi connectivity index (χ3n) is 2.49. The minimum absolute atomic E-state index is 0.630. The van der Waals surface area contributed by atoms with Crippen LogP contribution in [0.4, 0.5) is 0 Å². The van der Waals surface area contributed by atoms with E-state index in [0.29, 0.717) is 6.54 Å². The predicted molar refractivity (Wildman–Crippen MR) is 57.6 cm³/mol. The van der Waals surface area contributed by atoms with Gasteiger partial charge in [0.05, 0.1) is 0 Å². The molecule has 0 amide bonds. The summed E-state index contributed by atoms with van der Waals surface area (Å²) in [5.41, 5.74) is 6.70. The van der Waals surface area contributed by atoms with Crippen LogP contribution in [0.2, 0.25) is 0 Å². The summed E-state index contributed by atoms with van der Waals surface area (Å²) in [5, 5.41) is 0. The Morgan fingerprint density at radius 2 is 2.23 bits per heavy atom. The van der Waals surface area contributed by atoms with Crippen LogP contribution < -0.4 is 5.73 Å².